The van der Waals surface area contributed by atoms with Crippen LogP contribution in [0.3, 0.4) is 0 Å². The number of amides is 1. The van der Waals surface area contributed by atoms with Crippen molar-refractivity contribution in [1.29, 1.82) is 0 Å². The highest BCUT2D eigenvalue weighted by molar-refractivity contribution is 6.00. The van der Waals surface area contributed by atoms with Gasteiger partial charge in [0.15, 0.2) is 0 Å². The lowest BCUT2D eigenvalue weighted by atomic mass is 10.1. The molecule has 0 aromatic heterocycles. The van der Waals surface area contributed by atoms with Crippen LogP contribution >= 0.6 is 0 Å². The molecule has 0 radical (unpaired) electrons. The zero-order valence-electron chi connectivity index (χ0n) is 12.2. The Labute approximate surface area is 118 Å². The van der Waals surface area contributed by atoms with Crippen LogP contribution in [0.25, 0.3) is 0 Å². The number of benzene rings is 1. The van der Waals surface area contributed by atoms with Gasteiger partial charge in [0, 0.05) is 38.0 Å². The Morgan fingerprint density at radius 1 is 1.40 bits per heavy atom. The standard InChI is InChI=1S/C14H21N3O3/c1-4-6-9-16(3)14(18)12-10-11(17(19)20)7-8-13(12)15-5-2/h7-8,10,15H,4-6,9H2,1-3H3. The molecule has 0 unspecified atom stereocenters. The van der Waals surface area contributed by atoms with E-state index in [4.69, 9.17) is 0 Å². The summed E-state index contributed by atoms with van der Waals surface area (Å²) in [6, 6.07) is 4.33. The Morgan fingerprint density at radius 3 is 2.65 bits per heavy atom. The molecular weight excluding hydrogens is 258 g/mol. The number of non-ortho nitro benzene ring substituents is 1. The molecule has 0 fully saturated rings. The Bertz CT molecular complexity index is 489. The van der Waals surface area contributed by atoms with Crippen molar-refractivity contribution in [2.75, 3.05) is 25.5 Å². The predicted octanol–water partition coefficient (Wildman–Crippen LogP) is 2.90. The first-order valence-corrected chi connectivity index (χ1v) is 6.79. The van der Waals surface area contributed by atoms with Crippen LogP contribution in [-0.2, 0) is 0 Å². The molecule has 1 aromatic carbocycles. The minimum Gasteiger partial charge on any atom is -0.385 e. The lowest BCUT2D eigenvalue weighted by Crippen LogP contribution is -2.28. The Kier molecular flexibility index (Phi) is 5.96. The van der Waals surface area contributed by atoms with Gasteiger partial charge in [-0.2, -0.15) is 0 Å². The number of anilines is 1. The largest absolute Gasteiger partial charge is 0.385 e. The summed E-state index contributed by atoms with van der Waals surface area (Å²) in [7, 11) is 1.71. The number of carbonyl (C=O) groups excluding carboxylic acids is 1. The number of nitrogens with zero attached hydrogens (tertiary/aromatic N) is 2. The Morgan fingerprint density at radius 2 is 2.10 bits per heavy atom. The van der Waals surface area contributed by atoms with E-state index in [2.05, 4.69) is 12.2 Å². The number of unbranched alkanes of at least 4 members (excludes halogenated alkanes) is 1. The maximum atomic E-state index is 12.4. The molecule has 1 N–H and O–H groups in total. The number of carbonyl (C=O) groups is 1. The first kappa shape index (κ1) is 15.9. The second-order valence-electron chi connectivity index (χ2n) is 4.60. The molecule has 6 nitrogen and oxygen atoms in total. The van der Waals surface area contributed by atoms with Gasteiger partial charge in [0.05, 0.1) is 10.5 Å². The van der Waals surface area contributed by atoms with Crippen molar-refractivity contribution in [2.24, 2.45) is 0 Å². The maximum absolute atomic E-state index is 12.4. The van der Waals surface area contributed by atoms with Crippen LogP contribution in [0.15, 0.2) is 18.2 Å². The van der Waals surface area contributed by atoms with E-state index < -0.39 is 4.92 Å². The fraction of sp³-hybridized carbons (Fsp3) is 0.500. The number of nitrogens with one attached hydrogen (secondary N) is 1. The SMILES string of the molecule is CCCCN(C)C(=O)c1cc([N+](=O)[O-])ccc1NCC. The topological polar surface area (TPSA) is 75.5 Å². The molecule has 110 valence electrons. The molecule has 0 atom stereocenters. The minimum absolute atomic E-state index is 0.0705. The van der Waals surface area contributed by atoms with Crippen molar-refractivity contribution < 1.29 is 9.72 Å². The number of nitro groups is 1. The predicted molar refractivity (Wildman–Crippen MR) is 79.1 cm³/mol. The quantitative estimate of drug-likeness (QED) is 0.615. The van der Waals surface area contributed by atoms with Crippen molar-refractivity contribution >= 4 is 17.3 Å². The number of nitro benzene ring substituents is 1. The van der Waals surface area contributed by atoms with E-state index in [0.717, 1.165) is 12.8 Å². The third-order valence-corrected chi connectivity index (χ3v) is 3.01. The summed E-state index contributed by atoms with van der Waals surface area (Å²) in [5.41, 5.74) is 0.907. The molecule has 0 aliphatic rings. The highest BCUT2D eigenvalue weighted by Crippen LogP contribution is 2.23. The Hall–Kier alpha value is -2.11. The molecule has 0 saturated carbocycles. The van der Waals surface area contributed by atoms with E-state index >= 15 is 0 Å². The van der Waals surface area contributed by atoms with E-state index in [1.54, 1.807) is 18.0 Å². The molecule has 6 heteroatoms. The normalized spacial score (nSPS) is 10.2. The summed E-state index contributed by atoms with van der Waals surface area (Å²) in [5, 5.41) is 13.9. The van der Waals surface area contributed by atoms with Gasteiger partial charge in [-0.25, -0.2) is 0 Å². The average Bonchev–Trinajstić information content (AvgIpc) is 2.44. The third-order valence-electron chi connectivity index (χ3n) is 3.01. The van der Waals surface area contributed by atoms with Crippen LogP contribution in [0.2, 0.25) is 0 Å². The van der Waals surface area contributed by atoms with E-state index in [9.17, 15) is 14.9 Å². The van der Waals surface area contributed by atoms with Gasteiger partial charge in [-0.05, 0) is 19.4 Å². The van der Waals surface area contributed by atoms with E-state index in [1.165, 1.54) is 12.1 Å². The van der Waals surface area contributed by atoms with E-state index in [-0.39, 0.29) is 11.6 Å². The summed E-state index contributed by atoms with van der Waals surface area (Å²) in [6.45, 7) is 5.26. The maximum Gasteiger partial charge on any atom is 0.270 e. The molecular formula is C14H21N3O3. The van der Waals surface area contributed by atoms with Crippen LogP contribution in [0.4, 0.5) is 11.4 Å². The van der Waals surface area contributed by atoms with Crippen LogP contribution in [0.1, 0.15) is 37.0 Å². The highest BCUT2D eigenvalue weighted by atomic mass is 16.6. The minimum atomic E-state index is -0.488. The van der Waals surface area contributed by atoms with Gasteiger partial charge in [-0.1, -0.05) is 13.3 Å². The summed E-state index contributed by atoms with van der Waals surface area (Å²) in [6.07, 6.45) is 1.90. The highest BCUT2D eigenvalue weighted by Gasteiger charge is 2.19. The summed E-state index contributed by atoms with van der Waals surface area (Å²) >= 11 is 0. The lowest BCUT2D eigenvalue weighted by molar-refractivity contribution is -0.384. The molecule has 0 aliphatic carbocycles. The van der Waals surface area contributed by atoms with Crippen molar-refractivity contribution in [1.82, 2.24) is 4.90 Å². The van der Waals surface area contributed by atoms with Gasteiger partial charge < -0.3 is 10.2 Å². The Balaban J connectivity index is 3.07. The van der Waals surface area contributed by atoms with Crippen LogP contribution < -0.4 is 5.32 Å². The van der Waals surface area contributed by atoms with Crippen molar-refractivity contribution in [3.63, 3.8) is 0 Å². The molecule has 0 bridgehead atoms. The number of hydrogen-bond donors (Lipinski definition) is 1. The van der Waals surface area contributed by atoms with Gasteiger partial charge in [0.25, 0.3) is 11.6 Å². The number of rotatable bonds is 7. The summed E-state index contributed by atoms with van der Waals surface area (Å²) in [4.78, 5) is 24.3. The van der Waals surface area contributed by atoms with Crippen molar-refractivity contribution in [2.45, 2.75) is 26.7 Å². The van der Waals surface area contributed by atoms with Crippen LogP contribution in [0, 0.1) is 10.1 Å². The van der Waals surface area contributed by atoms with Gasteiger partial charge in [-0.3, -0.25) is 14.9 Å². The van der Waals surface area contributed by atoms with Crippen LogP contribution in [0.5, 0.6) is 0 Å². The fourth-order valence-electron chi connectivity index (χ4n) is 1.87. The van der Waals surface area contributed by atoms with Gasteiger partial charge in [0.2, 0.25) is 0 Å². The molecule has 0 heterocycles. The van der Waals surface area contributed by atoms with Crippen molar-refractivity contribution in [3.8, 4) is 0 Å². The second kappa shape index (κ2) is 7.47. The summed E-state index contributed by atoms with van der Waals surface area (Å²) in [5.74, 6) is -0.196. The smallest absolute Gasteiger partial charge is 0.270 e. The van der Waals surface area contributed by atoms with Gasteiger partial charge >= 0.3 is 0 Å². The van der Waals surface area contributed by atoms with E-state index in [1.807, 2.05) is 6.92 Å². The summed E-state index contributed by atoms with van der Waals surface area (Å²) < 4.78 is 0. The fourth-order valence-corrected chi connectivity index (χ4v) is 1.87. The van der Waals surface area contributed by atoms with Crippen molar-refractivity contribution in [3.05, 3.63) is 33.9 Å². The van der Waals surface area contributed by atoms with Gasteiger partial charge in [-0.15, -0.1) is 0 Å². The number of hydrogen-bond acceptors (Lipinski definition) is 4. The van der Waals surface area contributed by atoms with E-state index in [0.29, 0.717) is 24.3 Å². The molecule has 0 aliphatic heterocycles. The van der Waals surface area contributed by atoms with Crippen LogP contribution in [-0.4, -0.2) is 35.9 Å². The molecule has 1 rings (SSSR count). The zero-order valence-corrected chi connectivity index (χ0v) is 12.2. The molecule has 0 spiro atoms. The molecule has 1 amide bonds. The van der Waals surface area contributed by atoms with Gasteiger partial charge in [0.1, 0.15) is 0 Å². The monoisotopic (exact) mass is 279 g/mol. The third kappa shape index (κ3) is 3.94. The average molecular weight is 279 g/mol. The molecule has 1 aromatic rings. The lowest BCUT2D eigenvalue weighted by Gasteiger charge is -2.19. The first-order chi connectivity index (χ1) is 9.51. The first-order valence-electron chi connectivity index (χ1n) is 6.79. The molecule has 0 saturated heterocycles. The second-order valence-corrected chi connectivity index (χ2v) is 4.60. The zero-order chi connectivity index (χ0) is 15.1. The molecule has 20 heavy (non-hydrogen) atoms.